The van der Waals surface area contributed by atoms with Gasteiger partial charge in [0, 0.05) is 41.3 Å². The molecule has 2 heterocycles. The smallest absolute Gasteiger partial charge is 0.141 e. The van der Waals surface area contributed by atoms with Crippen LogP contribution in [0.1, 0.15) is 5.69 Å². The van der Waals surface area contributed by atoms with E-state index in [0.29, 0.717) is 16.5 Å². The van der Waals surface area contributed by atoms with E-state index in [2.05, 4.69) is 10.3 Å². The second kappa shape index (κ2) is 6.53. The molecule has 24 heavy (non-hydrogen) atoms. The quantitative estimate of drug-likeness (QED) is 0.764. The molecule has 0 saturated heterocycles. The van der Waals surface area contributed by atoms with Crippen molar-refractivity contribution in [1.29, 1.82) is 0 Å². The highest BCUT2D eigenvalue weighted by atomic mass is 35.5. The first-order valence-corrected chi connectivity index (χ1v) is 7.82. The summed E-state index contributed by atoms with van der Waals surface area (Å²) in [5, 5.41) is 5.63. The predicted octanol–water partition coefficient (Wildman–Crippen LogP) is 4.32. The highest BCUT2D eigenvalue weighted by molar-refractivity contribution is 6.34. The molecule has 6 heteroatoms. The Kier molecular flexibility index (Phi) is 4.44. The van der Waals surface area contributed by atoms with Crippen molar-refractivity contribution in [1.82, 2.24) is 9.97 Å². The van der Waals surface area contributed by atoms with Crippen LogP contribution in [-0.2, 0) is 0 Å². The zero-order chi connectivity index (χ0) is 17.3. The maximum Gasteiger partial charge on any atom is 0.141 e. The number of methoxy groups -OCH3 is 2. The van der Waals surface area contributed by atoms with Crippen molar-refractivity contribution in [2.75, 3.05) is 26.6 Å². The summed E-state index contributed by atoms with van der Waals surface area (Å²) in [6.07, 6.45) is 1.84. The number of aromatic nitrogens is 2. The van der Waals surface area contributed by atoms with Crippen molar-refractivity contribution >= 4 is 28.2 Å². The average Bonchev–Trinajstić information content (AvgIpc) is 2.61. The first-order chi connectivity index (χ1) is 11.6. The second-order valence-electron chi connectivity index (χ2n) is 5.34. The topological polar surface area (TPSA) is 56.3 Å². The molecule has 0 spiro atoms. The summed E-state index contributed by atoms with van der Waals surface area (Å²) in [5.74, 6) is 1.97. The van der Waals surface area contributed by atoms with Crippen molar-refractivity contribution in [3.05, 3.63) is 41.2 Å². The SMILES string of the molecule is CNc1nc(-c2cc(OC)cc(OC)c2Cl)cc2cnc(C)cc12. The fraction of sp³-hybridized carbons (Fsp3) is 0.222. The fourth-order valence-corrected chi connectivity index (χ4v) is 2.89. The fourth-order valence-electron chi connectivity index (χ4n) is 2.60. The van der Waals surface area contributed by atoms with Crippen molar-refractivity contribution in [3.8, 4) is 22.8 Å². The Labute approximate surface area is 145 Å². The summed E-state index contributed by atoms with van der Waals surface area (Å²) in [4.78, 5) is 9.08. The maximum atomic E-state index is 6.49. The lowest BCUT2D eigenvalue weighted by Crippen LogP contribution is -1.98. The number of pyridine rings is 2. The molecule has 2 aromatic heterocycles. The minimum Gasteiger partial charge on any atom is -0.497 e. The van der Waals surface area contributed by atoms with Crippen LogP contribution >= 0.6 is 11.6 Å². The predicted molar refractivity (Wildman–Crippen MR) is 97.4 cm³/mol. The zero-order valence-electron chi connectivity index (χ0n) is 14.0. The third kappa shape index (κ3) is 2.83. The summed E-state index contributed by atoms with van der Waals surface area (Å²) in [5.41, 5.74) is 2.40. The molecule has 0 bridgehead atoms. The number of rotatable bonds is 4. The van der Waals surface area contributed by atoms with Crippen LogP contribution in [-0.4, -0.2) is 31.2 Å². The summed E-state index contributed by atoms with van der Waals surface area (Å²) in [7, 11) is 5.02. The van der Waals surface area contributed by atoms with Gasteiger partial charge in [-0.05, 0) is 25.1 Å². The Balaban J connectivity index is 2.28. The van der Waals surface area contributed by atoms with Crippen LogP contribution in [0.25, 0.3) is 22.0 Å². The molecule has 124 valence electrons. The lowest BCUT2D eigenvalue weighted by Gasteiger charge is -2.14. The summed E-state index contributed by atoms with van der Waals surface area (Å²) in [6.45, 7) is 1.95. The largest absolute Gasteiger partial charge is 0.497 e. The van der Waals surface area contributed by atoms with Crippen LogP contribution < -0.4 is 14.8 Å². The van der Waals surface area contributed by atoms with Crippen LogP contribution in [0.2, 0.25) is 5.02 Å². The van der Waals surface area contributed by atoms with Gasteiger partial charge in [0.2, 0.25) is 0 Å². The molecule has 0 aliphatic heterocycles. The van der Waals surface area contributed by atoms with Gasteiger partial charge in [0.15, 0.2) is 0 Å². The normalized spacial score (nSPS) is 10.7. The molecule has 3 rings (SSSR count). The Morgan fingerprint density at radius 3 is 2.54 bits per heavy atom. The van der Waals surface area contributed by atoms with Gasteiger partial charge in [0.05, 0.1) is 24.9 Å². The van der Waals surface area contributed by atoms with E-state index in [4.69, 9.17) is 26.1 Å². The first-order valence-electron chi connectivity index (χ1n) is 7.44. The Bertz CT molecular complexity index is 912. The highest BCUT2D eigenvalue weighted by Crippen LogP contribution is 2.39. The maximum absolute atomic E-state index is 6.49. The Morgan fingerprint density at radius 2 is 1.88 bits per heavy atom. The molecule has 1 N–H and O–H groups in total. The molecular weight excluding hydrogens is 326 g/mol. The Morgan fingerprint density at radius 1 is 1.08 bits per heavy atom. The molecule has 0 amide bonds. The lowest BCUT2D eigenvalue weighted by molar-refractivity contribution is 0.395. The van der Waals surface area contributed by atoms with Gasteiger partial charge in [-0.3, -0.25) is 4.98 Å². The van der Waals surface area contributed by atoms with Crippen molar-refractivity contribution in [2.45, 2.75) is 6.92 Å². The third-order valence-electron chi connectivity index (χ3n) is 3.83. The van der Waals surface area contributed by atoms with Gasteiger partial charge in [-0.25, -0.2) is 4.98 Å². The highest BCUT2D eigenvalue weighted by Gasteiger charge is 2.15. The van der Waals surface area contributed by atoms with Crippen molar-refractivity contribution < 1.29 is 9.47 Å². The molecule has 0 fully saturated rings. The molecule has 0 radical (unpaired) electrons. The molecule has 5 nitrogen and oxygen atoms in total. The minimum absolute atomic E-state index is 0.493. The molecule has 0 atom stereocenters. The van der Waals surface area contributed by atoms with Crippen LogP contribution in [0.5, 0.6) is 11.5 Å². The summed E-state index contributed by atoms with van der Waals surface area (Å²) in [6, 6.07) is 7.56. The molecule has 0 aliphatic carbocycles. The van der Waals surface area contributed by atoms with Crippen LogP contribution in [0.3, 0.4) is 0 Å². The minimum atomic E-state index is 0.493. The van der Waals surface area contributed by atoms with E-state index in [1.54, 1.807) is 20.3 Å². The second-order valence-corrected chi connectivity index (χ2v) is 5.72. The lowest BCUT2D eigenvalue weighted by atomic mass is 10.1. The van der Waals surface area contributed by atoms with Gasteiger partial charge < -0.3 is 14.8 Å². The number of anilines is 1. The zero-order valence-corrected chi connectivity index (χ0v) is 14.7. The van der Waals surface area contributed by atoms with Gasteiger partial charge in [-0.15, -0.1) is 0 Å². The van der Waals surface area contributed by atoms with Gasteiger partial charge in [-0.1, -0.05) is 11.6 Å². The monoisotopic (exact) mass is 343 g/mol. The number of fused-ring (bicyclic) bond motifs is 1. The van der Waals surface area contributed by atoms with Crippen molar-refractivity contribution in [2.24, 2.45) is 0 Å². The number of hydrogen-bond acceptors (Lipinski definition) is 5. The van der Waals surface area contributed by atoms with Gasteiger partial charge in [-0.2, -0.15) is 0 Å². The summed E-state index contributed by atoms with van der Waals surface area (Å²) < 4.78 is 10.7. The Hall–Kier alpha value is -2.53. The van der Waals surface area contributed by atoms with E-state index in [-0.39, 0.29) is 0 Å². The number of aryl methyl sites for hydroxylation is 1. The van der Waals surface area contributed by atoms with Crippen LogP contribution in [0.4, 0.5) is 5.82 Å². The number of hydrogen-bond donors (Lipinski definition) is 1. The van der Waals surface area contributed by atoms with Gasteiger partial charge >= 0.3 is 0 Å². The van der Waals surface area contributed by atoms with E-state index >= 15 is 0 Å². The number of halogens is 1. The van der Waals surface area contributed by atoms with E-state index < -0.39 is 0 Å². The number of ether oxygens (including phenoxy) is 2. The number of nitrogens with one attached hydrogen (secondary N) is 1. The first kappa shape index (κ1) is 16.3. The summed E-state index contributed by atoms with van der Waals surface area (Å²) >= 11 is 6.49. The molecular formula is C18H18ClN3O2. The van der Waals surface area contributed by atoms with E-state index in [9.17, 15) is 0 Å². The van der Waals surface area contributed by atoms with Gasteiger partial charge in [0.1, 0.15) is 17.3 Å². The van der Waals surface area contributed by atoms with Crippen molar-refractivity contribution in [3.63, 3.8) is 0 Å². The molecule has 0 unspecified atom stereocenters. The number of nitrogens with zero attached hydrogens (tertiary/aromatic N) is 2. The average molecular weight is 344 g/mol. The molecule has 0 saturated carbocycles. The van der Waals surface area contributed by atoms with Crippen LogP contribution in [0.15, 0.2) is 30.5 Å². The van der Waals surface area contributed by atoms with Gasteiger partial charge in [0.25, 0.3) is 0 Å². The molecule has 1 aromatic carbocycles. The molecule has 0 aliphatic rings. The van der Waals surface area contributed by atoms with E-state index in [1.807, 2.05) is 38.4 Å². The molecule has 3 aromatic rings. The van der Waals surface area contributed by atoms with E-state index in [1.165, 1.54) is 0 Å². The van der Waals surface area contributed by atoms with E-state index in [0.717, 1.165) is 33.5 Å². The number of benzene rings is 1. The van der Waals surface area contributed by atoms with Crippen LogP contribution in [0, 0.1) is 6.92 Å². The standard InChI is InChI=1S/C18H18ClN3O2/c1-10-5-13-11(9-21-10)6-15(22-18(13)20-2)14-7-12(23-3)8-16(24-4)17(14)19/h5-9H,1-4H3,(H,20,22). The third-order valence-corrected chi connectivity index (χ3v) is 4.22.